The highest BCUT2D eigenvalue weighted by atomic mass is 32.2. The van der Waals surface area contributed by atoms with Gasteiger partial charge in [-0.25, -0.2) is 19.2 Å². The van der Waals surface area contributed by atoms with Crippen LogP contribution in [0.4, 0.5) is 0 Å². The number of nitrogens with one attached hydrogen (secondary N) is 1. The highest BCUT2D eigenvalue weighted by Crippen LogP contribution is 2.11. The monoisotopic (exact) mass is 292 g/mol. The number of thiazole rings is 1. The Morgan fingerprint density at radius 1 is 1.61 bits per heavy atom. The molecular weight excluding hydrogens is 276 g/mol. The van der Waals surface area contributed by atoms with Gasteiger partial charge in [-0.05, 0) is 7.05 Å². The Morgan fingerprint density at radius 3 is 2.83 bits per heavy atom. The van der Waals surface area contributed by atoms with Crippen molar-refractivity contribution < 1.29 is 13.2 Å². The van der Waals surface area contributed by atoms with E-state index in [0.29, 0.717) is 18.1 Å². The molecule has 0 spiro atoms. The molecule has 1 rings (SSSR count). The lowest BCUT2D eigenvalue weighted by molar-refractivity contribution is 0.0953. The fourth-order valence-electron chi connectivity index (χ4n) is 1.22. The minimum Gasteiger partial charge on any atom is -0.300 e. The second-order valence-electron chi connectivity index (χ2n) is 3.99. The number of aromatic nitrogens is 1. The van der Waals surface area contributed by atoms with Crippen LogP contribution in [0.15, 0.2) is 5.38 Å². The SMILES string of the molecule is CN(CCS(C)(=O)=O)Cc1csc(C(=O)NN)n1. The molecule has 18 heavy (non-hydrogen) atoms. The minimum atomic E-state index is -2.96. The van der Waals surface area contributed by atoms with E-state index in [1.807, 2.05) is 10.3 Å². The third-order valence-electron chi connectivity index (χ3n) is 2.15. The molecule has 1 aromatic heterocycles. The molecule has 0 aromatic carbocycles. The summed E-state index contributed by atoms with van der Waals surface area (Å²) >= 11 is 1.20. The molecule has 0 bridgehead atoms. The summed E-state index contributed by atoms with van der Waals surface area (Å²) < 4.78 is 22.0. The highest BCUT2D eigenvalue weighted by Gasteiger charge is 2.11. The number of hydrazine groups is 1. The summed E-state index contributed by atoms with van der Waals surface area (Å²) in [5.74, 6) is 4.68. The molecule has 0 atom stereocenters. The lowest BCUT2D eigenvalue weighted by Crippen LogP contribution is -2.30. The Morgan fingerprint density at radius 2 is 2.28 bits per heavy atom. The molecule has 0 saturated carbocycles. The number of rotatable bonds is 6. The first-order chi connectivity index (χ1) is 8.31. The fourth-order valence-corrected chi connectivity index (χ4v) is 2.58. The summed E-state index contributed by atoms with van der Waals surface area (Å²) in [7, 11) is -1.16. The molecule has 3 N–H and O–H groups in total. The van der Waals surface area contributed by atoms with Crippen LogP contribution in [0.5, 0.6) is 0 Å². The molecule has 0 aliphatic rings. The first kappa shape index (κ1) is 15.0. The molecule has 0 saturated heterocycles. The smallest absolute Gasteiger partial charge is 0.294 e. The first-order valence-corrected chi connectivity index (χ1v) is 8.07. The second-order valence-corrected chi connectivity index (χ2v) is 7.10. The quantitative estimate of drug-likeness (QED) is 0.405. The largest absolute Gasteiger partial charge is 0.300 e. The van der Waals surface area contributed by atoms with E-state index >= 15 is 0 Å². The molecule has 1 heterocycles. The summed E-state index contributed by atoms with van der Waals surface area (Å²) in [6.07, 6.45) is 1.20. The Kier molecular flexibility index (Phi) is 5.20. The number of carbonyl (C=O) groups excluding carboxylic acids is 1. The van der Waals surface area contributed by atoms with Crippen molar-refractivity contribution in [3.8, 4) is 0 Å². The van der Waals surface area contributed by atoms with E-state index in [1.165, 1.54) is 17.6 Å². The van der Waals surface area contributed by atoms with Gasteiger partial charge in [0, 0.05) is 24.7 Å². The average molecular weight is 292 g/mol. The van der Waals surface area contributed by atoms with Crippen LogP contribution in [-0.4, -0.2) is 49.8 Å². The summed E-state index contributed by atoms with van der Waals surface area (Å²) in [6.45, 7) is 0.915. The zero-order valence-corrected chi connectivity index (χ0v) is 11.8. The van der Waals surface area contributed by atoms with Crippen LogP contribution in [0.1, 0.15) is 15.5 Å². The molecule has 0 aliphatic heterocycles. The lowest BCUT2D eigenvalue weighted by atomic mass is 10.4. The summed E-state index contributed by atoms with van der Waals surface area (Å²) in [6, 6.07) is 0. The van der Waals surface area contributed by atoms with E-state index in [9.17, 15) is 13.2 Å². The Bertz CT molecular complexity index is 512. The maximum absolute atomic E-state index is 11.2. The average Bonchev–Trinajstić information content (AvgIpc) is 2.73. The third-order valence-corrected chi connectivity index (χ3v) is 3.97. The van der Waals surface area contributed by atoms with Gasteiger partial charge in [-0.3, -0.25) is 15.1 Å². The van der Waals surface area contributed by atoms with Crippen LogP contribution in [0.25, 0.3) is 0 Å². The molecule has 0 fully saturated rings. The predicted octanol–water partition coefficient (Wildman–Crippen LogP) is -0.777. The number of nitrogens with zero attached hydrogens (tertiary/aromatic N) is 2. The van der Waals surface area contributed by atoms with Crippen molar-refractivity contribution in [1.82, 2.24) is 15.3 Å². The first-order valence-electron chi connectivity index (χ1n) is 5.13. The van der Waals surface area contributed by atoms with E-state index in [1.54, 1.807) is 12.4 Å². The predicted molar refractivity (Wildman–Crippen MR) is 69.8 cm³/mol. The van der Waals surface area contributed by atoms with Gasteiger partial charge in [0.25, 0.3) is 5.91 Å². The number of carbonyl (C=O) groups is 1. The fraction of sp³-hybridized carbons (Fsp3) is 0.556. The maximum atomic E-state index is 11.2. The van der Waals surface area contributed by atoms with Crippen molar-refractivity contribution in [1.29, 1.82) is 0 Å². The molecule has 0 unspecified atom stereocenters. The number of nitrogens with two attached hydrogens (primary N) is 1. The van der Waals surface area contributed by atoms with Crippen molar-refractivity contribution in [2.24, 2.45) is 5.84 Å². The van der Waals surface area contributed by atoms with Crippen molar-refractivity contribution in [2.75, 3.05) is 25.6 Å². The van der Waals surface area contributed by atoms with Crippen LogP contribution < -0.4 is 11.3 Å². The van der Waals surface area contributed by atoms with Gasteiger partial charge in [0.2, 0.25) is 0 Å². The highest BCUT2D eigenvalue weighted by molar-refractivity contribution is 7.90. The van der Waals surface area contributed by atoms with Gasteiger partial charge in [0.1, 0.15) is 9.84 Å². The third kappa shape index (κ3) is 5.08. The molecule has 1 aromatic rings. The standard InChI is InChI=1S/C9H16N4O3S2/c1-13(3-4-18(2,15)16)5-7-6-17-9(11-7)8(14)12-10/h6H,3-5,10H2,1-2H3,(H,12,14). The number of nitrogen functional groups attached to an aromatic ring is 1. The Balaban J connectivity index is 2.52. The van der Waals surface area contributed by atoms with Crippen molar-refractivity contribution >= 4 is 27.1 Å². The molecule has 0 radical (unpaired) electrons. The lowest BCUT2D eigenvalue weighted by Gasteiger charge is -2.13. The summed E-state index contributed by atoms with van der Waals surface area (Å²) in [5.41, 5.74) is 2.73. The molecule has 9 heteroatoms. The van der Waals surface area contributed by atoms with Crippen molar-refractivity contribution in [3.63, 3.8) is 0 Å². The van der Waals surface area contributed by atoms with E-state index in [2.05, 4.69) is 4.98 Å². The Labute approximate surface area is 110 Å². The topological polar surface area (TPSA) is 105 Å². The van der Waals surface area contributed by atoms with Crippen LogP contribution in [0, 0.1) is 0 Å². The van der Waals surface area contributed by atoms with Gasteiger partial charge < -0.3 is 0 Å². The van der Waals surface area contributed by atoms with E-state index < -0.39 is 15.7 Å². The van der Waals surface area contributed by atoms with Crippen LogP contribution >= 0.6 is 11.3 Å². The summed E-state index contributed by atoms with van der Waals surface area (Å²) in [5, 5.41) is 2.05. The number of amides is 1. The van der Waals surface area contributed by atoms with Crippen LogP contribution in [-0.2, 0) is 16.4 Å². The molecule has 0 aliphatic carbocycles. The molecule has 1 amide bonds. The molecular formula is C9H16N4O3S2. The number of hydrogen-bond acceptors (Lipinski definition) is 7. The minimum absolute atomic E-state index is 0.101. The van der Waals surface area contributed by atoms with Crippen LogP contribution in [0.3, 0.4) is 0 Å². The zero-order chi connectivity index (χ0) is 13.8. The van der Waals surface area contributed by atoms with Crippen molar-refractivity contribution in [3.05, 3.63) is 16.1 Å². The van der Waals surface area contributed by atoms with Gasteiger partial charge in [-0.2, -0.15) is 0 Å². The zero-order valence-electron chi connectivity index (χ0n) is 10.2. The van der Waals surface area contributed by atoms with Crippen molar-refractivity contribution in [2.45, 2.75) is 6.54 Å². The molecule has 102 valence electrons. The maximum Gasteiger partial charge on any atom is 0.294 e. The van der Waals surface area contributed by atoms with Crippen LogP contribution in [0.2, 0.25) is 0 Å². The Hall–Kier alpha value is -1.03. The van der Waals surface area contributed by atoms with Gasteiger partial charge in [0.05, 0.1) is 11.4 Å². The summed E-state index contributed by atoms with van der Waals surface area (Å²) in [4.78, 5) is 17.1. The van der Waals surface area contributed by atoms with Gasteiger partial charge >= 0.3 is 0 Å². The number of sulfone groups is 1. The van der Waals surface area contributed by atoms with Gasteiger partial charge in [-0.1, -0.05) is 0 Å². The van der Waals surface area contributed by atoms with Gasteiger partial charge in [-0.15, -0.1) is 11.3 Å². The number of hydrogen-bond donors (Lipinski definition) is 2. The van der Waals surface area contributed by atoms with E-state index in [0.717, 1.165) is 5.69 Å². The van der Waals surface area contributed by atoms with Gasteiger partial charge in [0.15, 0.2) is 5.01 Å². The van der Waals surface area contributed by atoms with E-state index in [4.69, 9.17) is 5.84 Å². The second kappa shape index (κ2) is 6.23. The van der Waals surface area contributed by atoms with E-state index in [-0.39, 0.29) is 5.75 Å². The molecule has 7 nitrogen and oxygen atoms in total. The normalized spacial score (nSPS) is 11.8.